The maximum Gasteiger partial charge on any atom is 0.372 e. The second kappa shape index (κ2) is 4.37. The van der Waals surface area contributed by atoms with Gasteiger partial charge in [0.15, 0.2) is 0 Å². The van der Waals surface area contributed by atoms with Crippen molar-refractivity contribution in [1.29, 1.82) is 0 Å². The van der Waals surface area contributed by atoms with E-state index in [1.165, 1.54) is 13.2 Å². The molecule has 1 radical (unpaired) electrons. The van der Waals surface area contributed by atoms with Crippen LogP contribution < -0.4 is 0 Å². The minimum absolute atomic E-state index is 0. The second-order valence-electron chi connectivity index (χ2n) is 2.30. The zero-order valence-electron chi connectivity index (χ0n) is 6.70. The molecule has 1 heterocycles. The van der Waals surface area contributed by atoms with Crippen LogP contribution in [0.5, 0.6) is 0 Å². The molecule has 0 saturated heterocycles. The van der Waals surface area contributed by atoms with E-state index in [4.69, 9.17) is 0 Å². The summed E-state index contributed by atoms with van der Waals surface area (Å²) in [7, 11) is 0. The van der Waals surface area contributed by atoms with E-state index in [0.29, 0.717) is 0 Å². The van der Waals surface area contributed by atoms with Crippen molar-refractivity contribution in [2.24, 2.45) is 0 Å². The van der Waals surface area contributed by atoms with Crippen molar-refractivity contribution >= 4 is 6.29 Å². The van der Waals surface area contributed by atoms with Gasteiger partial charge >= 0.3 is 6.18 Å². The molecule has 0 spiro atoms. The molecule has 0 aliphatic heterocycles. The van der Waals surface area contributed by atoms with E-state index in [1.807, 2.05) is 0 Å². The van der Waals surface area contributed by atoms with Crippen molar-refractivity contribution in [3.8, 4) is 0 Å². The number of hydrogen-bond donors (Lipinski definition) is 1. The third-order valence-corrected chi connectivity index (χ3v) is 1.47. The van der Waals surface area contributed by atoms with Crippen molar-refractivity contribution in [1.82, 2.24) is 4.98 Å². The molecule has 2 nitrogen and oxygen atoms in total. The maximum atomic E-state index is 12.1. The Hall–Kier alpha value is -0.156. The molecule has 0 bridgehead atoms. The number of carbonyl (C=O) groups excluding carboxylic acids is 1. The smallest absolute Gasteiger partial charge is 0.372 e. The average molecular weight is 265 g/mol. The molecule has 1 aromatic rings. The Morgan fingerprint density at radius 2 is 2.00 bits per heavy atom. The minimum atomic E-state index is -4.49. The Labute approximate surface area is 97.8 Å². The normalized spacial score (nSPS) is 10.8. The molecule has 0 aliphatic rings. The first-order chi connectivity index (χ1) is 5.46. The van der Waals surface area contributed by atoms with Crippen LogP contribution in [0.2, 0.25) is 0 Å². The third kappa shape index (κ3) is 2.64. The van der Waals surface area contributed by atoms with E-state index in [1.54, 1.807) is 0 Å². The zero-order chi connectivity index (χ0) is 9.35. The van der Waals surface area contributed by atoms with Gasteiger partial charge in [-0.2, -0.15) is 13.2 Å². The quantitative estimate of drug-likeness (QED) is 0.771. The largest absolute Gasteiger partial charge is 0.427 e. The van der Waals surface area contributed by atoms with Crippen LogP contribution in [-0.2, 0) is 43.7 Å². The molecule has 1 N–H and O–H groups in total. The average Bonchev–Trinajstić information content (AvgIpc) is 2.29. The summed E-state index contributed by atoms with van der Waals surface area (Å²) in [5.74, 6) is 0. The standard InChI is InChI=1S/C7H5F3NO.Y/c1-4-6(7(8,9)10)5(3-12)2-11-4;/h2,11H,1H3;/q-1;. The van der Waals surface area contributed by atoms with Crippen molar-refractivity contribution in [3.63, 3.8) is 0 Å². The molecule has 1 rings (SSSR count). The first-order valence-corrected chi connectivity index (χ1v) is 3.10. The first-order valence-electron chi connectivity index (χ1n) is 3.10. The van der Waals surface area contributed by atoms with Crippen LogP contribution in [0.1, 0.15) is 16.8 Å². The van der Waals surface area contributed by atoms with E-state index in [9.17, 15) is 18.0 Å². The van der Waals surface area contributed by atoms with Crippen molar-refractivity contribution in [2.75, 3.05) is 0 Å². The number of nitrogens with one attached hydrogen (secondary N) is 1. The van der Waals surface area contributed by atoms with Gasteiger partial charge in [-0.05, 0) is 18.2 Å². The summed E-state index contributed by atoms with van der Waals surface area (Å²) in [6.45, 7) is 1.25. The molecule has 0 amide bonds. The number of halogens is 3. The Morgan fingerprint density at radius 3 is 2.31 bits per heavy atom. The predicted molar refractivity (Wildman–Crippen MR) is 35.3 cm³/mol. The zero-order valence-corrected chi connectivity index (χ0v) is 9.54. The maximum absolute atomic E-state index is 12.1. The second-order valence-corrected chi connectivity index (χ2v) is 2.30. The molecule has 0 unspecified atom stereocenters. The number of hydrogen-bond acceptors (Lipinski definition) is 1. The summed E-state index contributed by atoms with van der Waals surface area (Å²) in [5.41, 5.74) is -1.47. The van der Waals surface area contributed by atoms with Gasteiger partial charge in [0.05, 0.1) is 6.29 Å². The minimum Gasteiger partial charge on any atom is -0.427 e. The Bertz CT molecular complexity index is 305. The number of alkyl halides is 3. The molecule has 1 aromatic heterocycles. The third-order valence-electron chi connectivity index (χ3n) is 1.47. The van der Waals surface area contributed by atoms with Crippen molar-refractivity contribution in [3.05, 3.63) is 23.0 Å². The Morgan fingerprint density at radius 1 is 1.46 bits per heavy atom. The molecule has 0 aromatic carbocycles. The molecule has 0 aliphatic carbocycles. The molecular weight excluding hydrogens is 260 g/mol. The van der Waals surface area contributed by atoms with Crippen molar-refractivity contribution in [2.45, 2.75) is 13.1 Å². The van der Waals surface area contributed by atoms with Gasteiger partial charge in [0, 0.05) is 32.7 Å². The van der Waals surface area contributed by atoms with E-state index in [0.717, 1.165) is 6.20 Å². The number of rotatable bonds is 1. The van der Waals surface area contributed by atoms with Gasteiger partial charge in [0.25, 0.3) is 0 Å². The monoisotopic (exact) mass is 265 g/mol. The molecule has 0 atom stereocenters. The summed E-state index contributed by atoms with van der Waals surface area (Å²) in [6.07, 6.45) is -2.28. The molecule has 0 fully saturated rings. The van der Waals surface area contributed by atoms with Gasteiger partial charge in [-0.3, -0.25) is 0 Å². The molecule has 0 saturated carbocycles. The summed E-state index contributed by atoms with van der Waals surface area (Å²) < 4.78 is 36.4. The Kier molecular flexibility index (Phi) is 4.32. The fourth-order valence-electron chi connectivity index (χ4n) is 0.973. The van der Waals surface area contributed by atoms with Crippen LogP contribution in [-0.4, -0.2) is 11.3 Å². The molecular formula is C7H5F3NOY-. The number of aryl methyl sites for hydroxylation is 1. The van der Waals surface area contributed by atoms with Crippen LogP contribution in [0.15, 0.2) is 6.20 Å². The van der Waals surface area contributed by atoms with Gasteiger partial charge in [0.1, 0.15) is 0 Å². The SMILES string of the molecule is Cc1[nH]cc([C-]=O)c1C(F)(F)F.[Y]. The van der Waals surface area contributed by atoms with E-state index in [-0.39, 0.29) is 38.4 Å². The van der Waals surface area contributed by atoms with E-state index >= 15 is 0 Å². The van der Waals surface area contributed by atoms with Gasteiger partial charge in [-0.25, -0.2) is 0 Å². The van der Waals surface area contributed by atoms with Crippen molar-refractivity contribution < 1.29 is 50.7 Å². The molecule has 6 heteroatoms. The summed E-state index contributed by atoms with van der Waals surface area (Å²) in [6, 6.07) is 0. The molecule has 69 valence electrons. The van der Waals surface area contributed by atoms with Crippen LogP contribution in [0.25, 0.3) is 0 Å². The van der Waals surface area contributed by atoms with Crippen LogP contribution >= 0.6 is 0 Å². The topological polar surface area (TPSA) is 32.9 Å². The van der Waals surface area contributed by atoms with Gasteiger partial charge in [0.2, 0.25) is 0 Å². The summed E-state index contributed by atoms with van der Waals surface area (Å²) >= 11 is 0. The molecule has 13 heavy (non-hydrogen) atoms. The van der Waals surface area contributed by atoms with Crippen LogP contribution in [0.3, 0.4) is 0 Å². The number of H-pyrrole nitrogens is 1. The fraction of sp³-hybridized carbons (Fsp3) is 0.286. The number of aromatic amines is 1. The fourth-order valence-corrected chi connectivity index (χ4v) is 0.973. The van der Waals surface area contributed by atoms with E-state index < -0.39 is 17.3 Å². The predicted octanol–water partition coefficient (Wildman–Crippen LogP) is 1.80. The van der Waals surface area contributed by atoms with Crippen LogP contribution in [0, 0.1) is 6.92 Å². The van der Waals surface area contributed by atoms with Gasteiger partial charge in [-0.1, -0.05) is 6.20 Å². The summed E-state index contributed by atoms with van der Waals surface area (Å²) in [4.78, 5) is 12.4. The number of aromatic nitrogens is 1. The summed E-state index contributed by atoms with van der Waals surface area (Å²) in [5, 5.41) is 0. The Balaban J connectivity index is 0.00000144. The van der Waals surface area contributed by atoms with Crippen LogP contribution in [0.4, 0.5) is 13.2 Å². The first kappa shape index (κ1) is 12.8. The van der Waals surface area contributed by atoms with E-state index in [2.05, 4.69) is 4.98 Å². The van der Waals surface area contributed by atoms with Gasteiger partial charge in [-0.15, -0.1) is 5.56 Å². The van der Waals surface area contributed by atoms with Gasteiger partial charge < -0.3 is 9.78 Å².